The molecule has 31 heavy (non-hydrogen) atoms. The molecule has 1 fully saturated rings. The van der Waals surface area contributed by atoms with Crippen LogP contribution in [0.3, 0.4) is 0 Å². The maximum Gasteiger partial charge on any atom is 0.237 e. The van der Waals surface area contributed by atoms with E-state index in [0.29, 0.717) is 25.5 Å². The lowest BCUT2D eigenvalue weighted by Gasteiger charge is -2.34. The van der Waals surface area contributed by atoms with Crippen LogP contribution < -0.4 is 5.73 Å². The van der Waals surface area contributed by atoms with Gasteiger partial charge in [-0.2, -0.15) is 0 Å². The van der Waals surface area contributed by atoms with Gasteiger partial charge < -0.3 is 10.6 Å². The van der Waals surface area contributed by atoms with E-state index in [1.165, 1.54) is 26.9 Å². The molecule has 0 atom stereocenters. The molecule has 5 rings (SSSR count). The number of halogens is 1. The van der Waals surface area contributed by atoms with Gasteiger partial charge in [0, 0.05) is 46.2 Å². The van der Waals surface area contributed by atoms with Crippen LogP contribution in [0, 0.1) is 6.92 Å². The number of carbonyl (C=O) groups excluding carboxylic acids is 1. The summed E-state index contributed by atoms with van der Waals surface area (Å²) >= 11 is 7.91. The van der Waals surface area contributed by atoms with Crippen molar-refractivity contribution >= 4 is 55.7 Å². The van der Waals surface area contributed by atoms with Crippen LogP contribution >= 0.6 is 22.9 Å². The Morgan fingerprint density at radius 2 is 1.94 bits per heavy atom. The van der Waals surface area contributed by atoms with Gasteiger partial charge in [-0.1, -0.05) is 23.7 Å². The second-order valence-electron chi connectivity index (χ2n) is 7.93. The fraction of sp³-hybridized carbons (Fsp3) is 0.261. The van der Waals surface area contributed by atoms with Crippen molar-refractivity contribution in [3.05, 3.63) is 63.8 Å². The summed E-state index contributed by atoms with van der Waals surface area (Å²) in [4.78, 5) is 26.6. The number of rotatable bonds is 4. The maximum atomic E-state index is 12.8. The molecule has 2 aromatic carbocycles. The number of carbonyl (C=O) groups is 1. The number of nitrogen functional groups attached to an aromatic ring is 1. The first-order chi connectivity index (χ1) is 15.0. The Balaban J connectivity index is 1.27. The average Bonchev–Trinajstić information content (AvgIpc) is 3.04. The summed E-state index contributed by atoms with van der Waals surface area (Å²) in [5, 5.41) is 2.84. The lowest BCUT2D eigenvalue weighted by atomic mass is 10.1. The van der Waals surface area contributed by atoms with E-state index in [4.69, 9.17) is 17.3 Å². The summed E-state index contributed by atoms with van der Waals surface area (Å²) in [5.74, 6) is 0.621. The Morgan fingerprint density at radius 1 is 1.10 bits per heavy atom. The summed E-state index contributed by atoms with van der Waals surface area (Å²) in [6.07, 6.45) is 1.47. The topological polar surface area (TPSA) is 75.3 Å². The minimum atomic E-state index is 0.148. The number of fused-ring (bicyclic) bond motifs is 2. The number of piperazine rings is 1. The van der Waals surface area contributed by atoms with Gasteiger partial charge in [-0.05, 0) is 47.7 Å². The maximum absolute atomic E-state index is 12.8. The molecule has 0 spiro atoms. The minimum absolute atomic E-state index is 0.148. The highest BCUT2D eigenvalue weighted by atomic mass is 35.5. The first kappa shape index (κ1) is 20.2. The highest BCUT2D eigenvalue weighted by Gasteiger charge is 2.25. The average molecular weight is 452 g/mol. The number of aryl methyl sites for hydroxylation is 1. The van der Waals surface area contributed by atoms with Crippen molar-refractivity contribution in [2.45, 2.75) is 20.0 Å². The zero-order valence-electron chi connectivity index (χ0n) is 17.1. The molecule has 8 heteroatoms. The van der Waals surface area contributed by atoms with Gasteiger partial charge in [0.05, 0.1) is 12.1 Å². The van der Waals surface area contributed by atoms with Crippen LogP contribution in [0.1, 0.15) is 16.0 Å². The number of aromatic nitrogens is 2. The first-order valence-electron chi connectivity index (χ1n) is 10.1. The van der Waals surface area contributed by atoms with Crippen molar-refractivity contribution in [1.29, 1.82) is 0 Å². The lowest BCUT2D eigenvalue weighted by molar-refractivity contribution is -0.136. The predicted molar refractivity (Wildman–Crippen MR) is 126 cm³/mol. The van der Waals surface area contributed by atoms with Gasteiger partial charge in [0.15, 0.2) is 0 Å². The summed E-state index contributed by atoms with van der Waals surface area (Å²) < 4.78 is 1.20. The van der Waals surface area contributed by atoms with Gasteiger partial charge in [0.25, 0.3) is 0 Å². The third-order valence-corrected chi connectivity index (χ3v) is 7.34. The summed E-state index contributed by atoms with van der Waals surface area (Å²) in [6.45, 7) is 5.50. The van der Waals surface area contributed by atoms with Gasteiger partial charge >= 0.3 is 0 Å². The van der Waals surface area contributed by atoms with Crippen LogP contribution in [0.25, 0.3) is 21.0 Å². The van der Waals surface area contributed by atoms with Gasteiger partial charge in [-0.3, -0.25) is 9.69 Å². The summed E-state index contributed by atoms with van der Waals surface area (Å²) in [5.41, 5.74) is 9.04. The molecule has 158 valence electrons. The highest BCUT2D eigenvalue weighted by Crippen LogP contribution is 2.33. The van der Waals surface area contributed by atoms with Crippen LogP contribution in [0.4, 0.5) is 5.82 Å². The standard InChI is InChI=1S/C23H22ClN5OS/c1-14-17-5-3-16(24)9-20(17)31-21(14)11-28-6-7-29(22(30)12-28)10-15-2-4-18-19(8-15)26-13-27-23(18)25/h2-5,8-9,13H,6-7,10-12H2,1H3,(H2,25,26,27). The fourth-order valence-electron chi connectivity index (χ4n) is 4.11. The monoisotopic (exact) mass is 451 g/mol. The molecule has 1 amide bonds. The first-order valence-corrected chi connectivity index (χ1v) is 11.3. The van der Waals surface area contributed by atoms with Crippen molar-refractivity contribution in [2.24, 2.45) is 0 Å². The number of hydrogen-bond donors (Lipinski definition) is 1. The Morgan fingerprint density at radius 3 is 2.77 bits per heavy atom. The third-order valence-electron chi connectivity index (χ3n) is 5.87. The molecule has 1 saturated heterocycles. The fourth-order valence-corrected chi connectivity index (χ4v) is 5.63. The molecule has 0 radical (unpaired) electrons. The number of nitrogens with two attached hydrogens (primary N) is 1. The van der Waals surface area contributed by atoms with Crippen LogP contribution in [0.5, 0.6) is 0 Å². The molecule has 0 aliphatic carbocycles. The van der Waals surface area contributed by atoms with Crippen LogP contribution in [0.2, 0.25) is 5.02 Å². The van der Waals surface area contributed by atoms with E-state index >= 15 is 0 Å². The largest absolute Gasteiger partial charge is 0.383 e. The van der Waals surface area contributed by atoms with Gasteiger partial charge in [0.2, 0.25) is 5.91 Å². The number of thiophene rings is 1. The molecule has 3 heterocycles. The summed E-state index contributed by atoms with van der Waals surface area (Å²) in [6, 6.07) is 11.9. The zero-order chi connectivity index (χ0) is 21.5. The third kappa shape index (κ3) is 3.96. The minimum Gasteiger partial charge on any atom is -0.383 e. The van der Waals surface area contributed by atoms with E-state index in [2.05, 4.69) is 27.9 Å². The van der Waals surface area contributed by atoms with E-state index in [9.17, 15) is 4.79 Å². The van der Waals surface area contributed by atoms with Crippen LogP contribution in [-0.4, -0.2) is 45.3 Å². The summed E-state index contributed by atoms with van der Waals surface area (Å²) in [7, 11) is 0. The van der Waals surface area contributed by atoms with Gasteiger partial charge in [-0.15, -0.1) is 11.3 Å². The van der Waals surface area contributed by atoms with Crippen LogP contribution in [-0.2, 0) is 17.9 Å². The van der Waals surface area contributed by atoms with Crippen LogP contribution in [0.15, 0.2) is 42.7 Å². The SMILES string of the molecule is Cc1c(CN2CCN(Cc3ccc4c(N)ncnc4c3)C(=O)C2)sc2cc(Cl)ccc12. The van der Waals surface area contributed by atoms with E-state index in [-0.39, 0.29) is 5.91 Å². The van der Waals surface area contributed by atoms with E-state index in [1.807, 2.05) is 35.2 Å². The van der Waals surface area contributed by atoms with Crippen molar-refractivity contribution in [3.63, 3.8) is 0 Å². The normalized spacial score (nSPS) is 15.3. The molecule has 1 aliphatic heterocycles. The Kier molecular flexibility index (Phi) is 5.25. The Hall–Kier alpha value is -2.74. The predicted octanol–water partition coefficient (Wildman–Crippen LogP) is 4.23. The molecule has 6 nitrogen and oxygen atoms in total. The Bertz CT molecular complexity index is 1300. The molecular formula is C23H22ClN5OS. The Labute approximate surface area is 189 Å². The van der Waals surface area contributed by atoms with E-state index in [0.717, 1.165) is 34.6 Å². The number of hydrogen-bond acceptors (Lipinski definition) is 6. The molecule has 4 aromatic rings. The number of benzene rings is 2. The molecule has 2 aromatic heterocycles. The van der Waals surface area contributed by atoms with Gasteiger partial charge in [0.1, 0.15) is 12.1 Å². The number of anilines is 1. The number of amides is 1. The van der Waals surface area contributed by atoms with Crippen molar-refractivity contribution in [3.8, 4) is 0 Å². The highest BCUT2D eigenvalue weighted by molar-refractivity contribution is 7.19. The second-order valence-corrected chi connectivity index (χ2v) is 9.50. The van der Waals surface area contributed by atoms with Gasteiger partial charge in [-0.25, -0.2) is 9.97 Å². The second kappa shape index (κ2) is 8.07. The molecule has 0 unspecified atom stereocenters. The number of nitrogens with zero attached hydrogens (tertiary/aromatic N) is 4. The lowest BCUT2D eigenvalue weighted by Crippen LogP contribution is -2.49. The molecule has 0 bridgehead atoms. The van der Waals surface area contributed by atoms with Crippen molar-refractivity contribution < 1.29 is 4.79 Å². The van der Waals surface area contributed by atoms with Crippen molar-refractivity contribution in [1.82, 2.24) is 19.8 Å². The van der Waals surface area contributed by atoms with Crippen molar-refractivity contribution in [2.75, 3.05) is 25.4 Å². The van der Waals surface area contributed by atoms with E-state index < -0.39 is 0 Å². The molecule has 2 N–H and O–H groups in total. The quantitative estimate of drug-likeness (QED) is 0.502. The zero-order valence-corrected chi connectivity index (χ0v) is 18.7. The molecule has 0 saturated carbocycles. The van der Waals surface area contributed by atoms with E-state index in [1.54, 1.807) is 11.3 Å². The smallest absolute Gasteiger partial charge is 0.237 e. The molecular weight excluding hydrogens is 430 g/mol. The molecule has 1 aliphatic rings.